The van der Waals surface area contributed by atoms with E-state index < -0.39 is 5.91 Å². The number of hydrazone groups is 1. The van der Waals surface area contributed by atoms with E-state index in [1.54, 1.807) is 13.1 Å². The molecule has 0 bridgehead atoms. The third-order valence-electron chi connectivity index (χ3n) is 2.05. The predicted molar refractivity (Wildman–Crippen MR) is 60.5 cm³/mol. The minimum Gasteiger partial charge on any atom is -0.265 e. The first kappa shape index (κ1) is 11.0. The molecule has 2 rings (SSSR count). The van der Waals surface area contributed by atoms with Gasteiger partial charge in [0, 0.05) is 0 Å². The summed E-state index contributed by atoms with van der Waals surface area (Å²) in [5.41, 5.74) is 3.80. The Kier molecular flexibility index (Phi) is 3.25. The lowest BCUT2D eigenvalue weighted by Crippen LogP contribution is -2.19. The highest BCUT2D eigenvalue weighted by Gasteiger charge is 2.13. The summed E-state index contributed by atoms with van der Waals surface area (Å²) in [4.78, 5) is 11.5. The Morgan fingerprint density at radius 1 is 1.35 bits per heavy atom. The van der Waals surface area contributed by atoms with Gasteiger partial charge in [-0.05, 0) is 17.6 Å². The van der Waals surface area contributed by atoms with Gasteiger partial charge in [-0.2, -0.15) is 5.10 Å². The highest BCUT2D eigenvalue weighted by Crippen LogP contribution is 1.99. The second kappa shape index (κ2) is 5.02. The van der Waals surface area contributed by atoms with E-state index in [0.717, 1.165) is 5.56 Å². The molecule has 0 unspecified atom stereocenters. The van der Waals surface area contributed by atoms with Crippen LogP contribution in [0, 0.1) is 6.92 Å². The van der Waals surface area contributed by atoms with Gasteiger partial charge >= 0.3 is 0 Å². The van der Waals surface area contributed by atoms with E-state index in [1.165, 1.54) is 0 Å². The number of aryl methyl sites for hydroxylation is 1. The average molecular weight is 230 g/mol. The van der Waals surface area contributed by atoms with E-state index >= 15 is 0 Å². The number of benzene rings is 1. The molecule has 0 spiro atoms. The van der Waals surface area contributed by atoms with E-state index in [0.29, 0.717) is 5.69 Å². The molecule has 1 amide bonds. The smallest absolute Gasteiger partial charge is 0.265 e. The van der Waals surface area contributed by atoms with Crippen LogP contribution >= 0.6 is 0 Å². The van der Waals surface area contributed by atoms with Gasteiger partial charge in [-0.1, -0.05) is 35.5 Å². The average Bonchev–Trinajstić information content (AvgIpc) is 2.77. The molecule has 86 valence electrons. The highest BCUT2D eigenvalue weighted by atomic mass is 16.6. The summed E-state index contributed by atoms with van der Waals surface area (Å²) in [5, 5.41) is 10.8. The van der Waals surface area contributed by atoms with Crippen molar-refractivity contribution in [3.05, 3.63) is 47.3 Å². The molecule has 17 heavy (non-hydrogen) atoms. The zero-order chi connectivity index (χ0) is 12.1. The van der Waals surface area contributed by atoms with Crippen LogP contribution in [-0.4, -0.2) is 22.4 Å². The number of nitrogens with one attached hydrogen (secondary N) is 1. The second-order valence-electron chi connectivity index (χ2n) is 3.31. The lowest BCUT2D eigenvalue weighted by Gasteiger charge is -1.94. The Labute approximate surface area is 97.3 Å². The Hall–Kier alpha value is -2.50. The van der Waals surface area contributed by atoms with Crippen molar-refractivity contribution in [3.63, 3.8) is 0 Å². The van der Waals surface area contributed by atoms with Crippen LogP contribution < -0.4 is 5.43 Å². The van der Waals surface area contributed by atoms with Gasteiger partial charge < -0.3 is 0 Å². The molecule has 0 aliphatic carbocycles. The molecule has 0 aliphatic heterocycles. The summed E-state index contributed by atoms with van der Waals surface area (Å²) in [6, 6.07) is 9.42. The first-order valence-electron chi connectivity index (χ1n) is 4.95. The molecule has 1 aromatic heterocycles. The first-order chi connectivity index (χ1) is 8.27. The maximum absolute atomic E-state index is 11.5. The third-order valence-corrected chi connectivity index (χ3v) is 2.05. The fourth-order valence-electron chi connectivity index (χ4n) is 1.20. The Balaban J connectivity index is 1.98. The van der Waals surface area contributed by atoms with Gasteiger partial charge in [-0.3, -0.25) is 4.79 Å². The molecule has 1 aromatic carbocycles. The first-order valence-corrected chi connectivity index (χ1v) is 4.95. The van der Waals surface area contributed by atoms with E-state index in [2.05, 4.69) is 25.5 Å². The van der Waals surface area contributed by atoms with Gasteiger partial charge in [-0.25, -0.2) is 10.1 Å². The number of hydrogen-bond acceptors (Lipinski definition) is 5. The maximum Gasteiger partial charge on any atom is 0.295 e. The SMILES string of the molecule is Cc1nonc1C(=O)N/N=C\c1ccccc1. The molecule has 6 heteroatoms. The van der Waals surface area contributed by atoms with E-state index in [1.807, 2.05) is 30.3 Å². The zero-order valence-electron chi connectivity index (χ0n) is 9.12. The fourth-order valence-corrected chi connectivity index (χ4v) is 1.20. The van der Waals surface area contributed by atoms with Crippen LogP contribution in [0.25, 0.3) is 0 Å². The highest BCUT2D eigenvalue weighted by molar-refractivity contribution is 5.93. The number of amides is 1. The van der Waals surface area contributed by atoms with Crippen molar-refractivity contribution in [1.29, 1.82) is 0 Å². The van der Waals surface area contributed by atoms with Crippen LogP contribution in [0.5, 0.6) is 0 Å². The van der Waals surface area contributed by atoms with Crippen molar-refractivity contribution < 1.29 is 9.42 Å². The van der Waals surface area contributed by atoms with Gasteiger partial charge in [0.1, 0.15) is 5.69 Å². The summed E-state index contributed by atoms with van der Waals surface area (Å²) in [5.74, 6) is -0.448. The Morgan fingerprint density at radius 2 is 2.12 bits per heavy atom. The topological polar surface area (TPSA) is 80.4 Å². The van der Waals surface area contributed by atoms with Crippen LogP contribution in [-0.2, 0) is 0 Å². The molecule has 6 nitrogen and oxygen atoms in total. The van der Waals surface area contributed by atoms with Crippen molar-refractivity contribution in [3.8, 4) is 0 Å². The fraction of sp³-hybridized carbons (Fsp3) is 0.0909. The molecule has 0 saturated heterocycles. The van der Waals surface area contributed by atoms with Gasteiger partial charge in [0.05, 0.1) is 6.21 Å². The standard InChI is InChI=1S/C11H10N4O2/c1-8-10(15-17-14-8)11(16)13-12-7-9-5-3-2-4-6-9/h2-7H,1H3,(H,13,16)/b12-7-. The number of rotatable bonds is 3. The molecule has 2 aromatic rings. The summed E-state index contributed by atoms with van der Waals surface area (Å²) in [6.07, 6.45) is 1.54. The molecule has 0 aliphatic rings. The minimum atomic E-state index is -0.448. The molecule has 0 fully saturated rings. The maximum atomic E-state index is 11.5. The summed E-state index contributed by atoms with van der Waals surface area (Å²) in [6.45, 7) is 1.63. The van der Waals surface area contributed by atoms with Crippen LogP contribution in [0.3, 0.4) is 0 Å². The van der Waals surface area contributed by atoms with Crippen molar-refractivity contribution in [1.82, 2.24) is 15.7 Å². The van der Waals surface area contributed by atoms with E-state index in [-0.39, 0.29) is 5.69 Å². The van der Waals surface area contributed by atoms with Gasteiger partial charge in [0.2, 0.25) is 0 Å². The van der Waals surface area contributed by atoms with Crippen molar-refractivity contribution in [2.75, 3.05) is 0 Å². The molecule has 1 N–H and O–H groups in total. The van der Waals surface area contributed by atoms with E-state index in [4.69, 9.17) is 0 Å². The molecular formula is C11H10N4O2. The second-order valence-corrected chi connectivity index (χ2v) is 3.31. The van der Waals surface area contributed by atoms with Gasteiger partial charge in [0.25, 0.3) is 5.91 Å². The summed E-state index contributed by atoms with van der Waals surface area (Å²) in [7, 11) is 0. The number of aromatic nitrogens is 2. The summed E-state index contributed by atoms with van der Waals surface area (Å²) >= 11 is 0. The number of carbonyl (C=O) groups is 1. The van der Waals surface area contributed by atoms with Crippen LogP contribution in [0.4, 0.5) is 0 Å². The normalized spacial score (nSPS) is 10.6. The van der Waals surface area contributed by atoms with Crippen molar-refractivity contribution in [2.24, 2.45) is 5.10 Å². The van der Waals surface area contributed by atoms with Crippen molar-refractivity contribution >= 4 is 12.1 Å². The quantitative estimate of drug-likeness (QED) is 0.633. The summed E-state index contributed by atoms with van der Waals surface area (Å²) < 4.78 is 4.42. The largest absolute Gasteiger partial charge is 0.295 e. The number of nitrogens with zero attached hydrogens (tertiary/aromatic N) is 3. The lowest BCUT2D eigenvalue weighted by molar-refractivity contribution is 0.0945. The Bertz CT molecular complexity index is 533. The molecule has 0 atom stereocenters. The third kappa shape index (κ3) is 2.75. The van der Waals surface area contributed by atoms with Crippen LogP contribution in [0.2, 0.25) is 0 Å². The van der Waals surface area contributed by atoms with Crippen LogP contribution in [0.15, 0.2) is 40.1 Å². The zero-order valence-corrected chi connectivity index (χ0v) is 9.12. The molecule has 1 heterocycles. The number of carbonyl (C=O) groups excluding carboxylic acids is 1. The number of hydrogen-bond donors (Lipinski definition) is 1. The molecular weight excluding hydrogens is 220 g/mol. The minimum absolute atomic E-state index is 0.134. The molecule has 0 radical (unpaired) electrons. The molecule has 0 saturated carbocycles. The Morgan fingerprint density at radius 3 is 2.76 bits per heavy atom. The lowest BCUT2D eigenvalue weighted by atomic mass is 10.2. The van der Waals surface area contributed by atoms with Gasteiger partial charge in [-0.15, -0.1) is 0 Å². The van der Waals surface area contributed by atoms with Gasteiger partial charge in [0.15, 0.2) is 5.69 Å². The van der Waals surface area contributed by atoms with Crippen LogP contribution in [0.1, 0.15) is 21.7 Å². The van der Waals surface area contributed by atoms with Crippen molar-refractivity contribution in [2.45, 2.75) is 6.92 Å². The monoisotopic (exact) mass is 230 g/mol. The predicted octanol–water partition coefficient (Wildman–Crippen LogP) is 1.14. The van der Waals surface area contributed by atoms with E-state index in [9.17, 15) is 4.79 Å².